The summed E-state index contributed by atoms with van der Waals surface area (Å²) in [6, 6.07) is 0.332. The molecule has 6 nitrogen and oxygen atoms in total. The van der Waals surface area contributed by atoms with Crippen molar-refractivity contribution in [2.75, 3.05) is 20.2 Å². The number of carbonyl (C=O) groups is 1. The lowest BCUT2D eigenvalue weighted by Crippen LogP contribution is -2.68. The zero-order valence-electron chi connectivity index (χ0n) is 14.2. The summed E-state index contributed by atoms with van der Waals surface area (Å²) in [6.45, 7) is 4.45. The molecule has 2 aliphatic rings. The first-order valence-corrected chi connectivity index (χ1v) is 8.74. The van der Waals surface area contributed by atoms with Gasteiger partial charge >= 0.3 is 6.03 Å². The van der Waals surface area contributed by atoms with Gasteiger partial charge in [0.15, 0.2) is 0 Å². The van der Waals surface area contributed by atoms with Gasteiger partial charge in [0.25, 0.3) is 0 Å². The average Bonchev–Trinajstić information content (AvgIpc) is 2.97. The van der Waals surface area contributed by atoms with Crippen molar-refractivity contribution in [3.63, 3.8) is 0 Å². The van der Waals surface area contributed by atoms with Gasteiger partial charge in [-0.25, -0.2) is 9.78 Å². The first-order chi connectivity index (χ1) is 11.2. The van der Waals surface area contributed by atoms with Crippen LogP contribution in [0, 0.1) is 5.41 Å². The Kier molecular flexibility index (Phi) is 4.90. The van der Waals surface area contributed by atoms with Crippen LogP contribution in [0.3, 0.4) is 0 Å². The molecule has 1 aromatic rings. The van der Waals surface area contributed by atoms with E-state index in [1.54, 1.807) is 11.1 Å². The van der Waals surface area contributed by atoms with Crippen LogP contribution in [0.25, 0.3) is 0 Å². The number of rotatable bonds is 7. The van der Waals surface area contributed by atoms with Gasteiger partial charge in [0.1, 0.15) is 0 Å². The van der Waals surface area contributed by atoms with Crippen LogP contribution in [0.4, 0.5) is 4.79 Å². The highest BCUT2D eigenvalue weighted by Crippen LogP contribution is 2.57. The van der Waals surface area contributed by atoms with E-state index in [1.165, 1.54) is 19.3 Å². The number of urea groups is 1. The van der Waals surface area contributed by atoms with E-state index >= 15 is 0 Å². The highest BCUT2D eigenvalue weighted by molar-refractivity contribution is 5.74. The van der Waals surface area contributed by atoms with Crippen LogP contribution in [0.15, 0.2) is 18.7 Å². The fourth-order valence-corrected chi connectivity index (χ4v) is 3.91. The van der Waals surface area contributed by atoms with Crippen molar-refractivity contribution in [2.45, 2.75) is 57.7 Å². The van der Waals surface area contributed by atoms with Crippen LogP contribution in [0.1, 0.15) is 39.0 Å². The van der Waals surface area contributed by atoms with Crippen molar-refractivity contribution < 1.29 is 9.53 Å². The second kappa shape index (κ2) is 6.91. The molecule has 128 valence electrons. The fourth-order valence-electron chi connectivity index (χ4n) is 3.91. The molecule has 0 radical (unpaired) electrons. The third-order valence-corrected chi connectivity index (χ3v) is 5.55. The van der Waals surface area contributed by atoms with E-state index < -0.39 is 0 Å². The maximum Gasteiger partial charge on any atom is 0.317 e. The predicted octanol–water partition coefficient (Wildman–Crippen LogP) is 2.26. The summed E-state index contributed by atoms with van der Waals surface area (Å²) in [7, 11) is 1.87. The van der Waals surface area contributed by atoms with Gasteiger partial charge in [-0.1, -0.05) is 6.42 Å². The minimum Gasteiger partial charge on any atom is -0.378 e. The Morgan fingerprint density at radius 3 is 2.96 bits per heavy atom. The first-order valence-electron chi connectivity index (χ1n) is 8.74. The summed E-state index contributed by atoms with van der Waals surface area (Å²) in [6.07, 6.45) is 11.4. The van der Waals surface area contributed by atoms with E-state index in [1.807, 2.05) is 31.1 Å². The largest absolute Gasteiger partial charge is 0.378 e. The summed E-state index contributed by atoms with van der Waals surface area (Å²) in [5, 5.41) is 3.23. The van der Waals surface area contributed by atoms with Crippen LogP contribution in [-0.2, 0) is 11.3 Å². The lowest BCUT2D eigenvalue weighted by atomic mass is 9.51. The monoisotopic (exact) mass is 320 g/mol. The number of hydrogen-bond acceptors (Lipinski definition) is 3. The highest BCUT2D eigenvalue weighted by Gasteiger charge is 2.59. The third-order valence-electron chi connectivity index (χ3n) is 5.55. The smallest absolute Gasteiger partial charge is 0.317 e. The number of amides is 2. The normalized spacial score (nSPS) is 24.8. The Hall–Kier alpha value is -1.56. The minimum atomic E-state index is 0.0434. The second-order valence-electron chi connectivity index (χ2n) is 6.84. The molecular weight excluding hydrogens is 292 g/mol. The number of aromatic nitrogens is 2. The van der Waals surface area contributed by atoms with Gasteiger partial charge in [-0.05, 0) is 32.6 Å². The summed E-state index contributed by atoms with van der Waals surface area (Å²) in [5.41, 5.74) is 0.226. The molecule has 6 heteroatoms. The van der Waals surface area contributed by atoms with Crippen LogP contribution in [0.5, 0.6) is 0 Å². The molecule has 1 spiro atoms. The van der Waals surface area contributed by atoms with Gasteiger partial charge in [0.2, 0.25) is 0 Å². The van der Waals surface area contributed by atoms with Crippen LogP contribution >= 0.6 is 0 Å². The zero-order valence-corrected chi connectivity index (χ0v) is 14.2. The molecule has 0 saturated heterocycles. The van der Waals surface area contributed by atoms with E-state index in [9.17, 15) is 4.79 Å². The molecule has 2 aliphatic carbocycles. The van der Waals surface area contributed by atoms with Crippen molar-refractivity contribution in [1.29, 1.82) is 0 Å². The van der Waals surface area contributed by atoms with Gasteiger partial charge in [-0.2, -0.15) is 0 Å². The second-order valence-corrected chi connectivity index (χ2v) is 6.84. The molecule has 0 bridgehead atoms. The molecule has 0 aliphatic heterocycles. The SMILES string of the molecule is CCO[C@H]1C[C@H](NC(=O)N(C)CCCn2ccnc2)C12CCC2. The molecule has 3 rings (SSSR count). The quantitative estimate of drug-likeness (QED) is 0.838. The van der Waals surface area contributed by atoms with Crippen molar-refractivity contribution in [3.8, 4) is 0 Å². The molecule has 2 saturated carbocycles. The van der Waals surface area contributed by atoms with Gasteiger partial charge in [-0.3, -0.25) is 0 Å². The Morgan fingerprint density at radius 2 is 2.35 bits per heavy atom. The number of nitrogens with one attached hydrogen (secondary N) is 1. The number of ether oxygens (including phenoxy) is 1. The molecular formula is C17H28N4O2. The molecule has 0 aromatic carbocycles. The van der Waals surface area contributed by atoms with Gasteiger partial charge in [-0.15, -0.1) is 0 Å². The van der Waals surface area contributed by atoms with Gasteiger partial charge < -0.3 is 19.5 Å². The molecule has 2 fully saturated rings. The number of nitrogens with zero attached hydrogens (tertiary/aromatic N) is 3. The summed E-state index contributed by atoms with van der Waals surface area (Å²) in [4.78, 5) is 18.2. The Labute approximate surface area is 138 Å². The molecule has 2 amide bonds. The average molecular weight is 320 g/mol. The van der Waals surface area contributed by atoms with Crippen molar-refractivity contribution in [2.24, 2.45) is 5.41 Å². The fraction of sp³-hybridized carbons (Fsp3) is 0.765. The lowest BCUT2D eigenvalue weighted by molar-refractivity contribution is -0.169. The number of hydrogen-bond donors (Lipinski definition) is 1. The summed E-state index contributed by atoms with van der Waals surface area (Å²) < 4.78 is 7.88. The number of imidazole rings is 1. The van der Waals surface area contributed by atoms with Crippen molar-refractivity contribution >= 4 is 6.03 Å². The molecule has 23 heavy (non-hydrogen) atoms. The minimum absolute atomic E-state index is 0.0434. The third kappa shape index (κ3) is 3.22. The zero-order chi connectivity index (χ0) is 16.3. The highest BCUT2D eigenvalue weighted by atomic mass is 16.5. The Bertz CT molecular complexity index is 513. The molecule has 0 unspecified atom stereocenters. The Morgan fingerprint density at radius 1 is 1.52 bits per heavy atom. The molecule has 1 N–H and O–H groups in total. The van der Waals surface area contributed by atoms with E-state index in [4.69, 9.17) is 4.74 Å². The summed E-state index contributed by atoms with van der Waals surface area (Å²) >= 11 is 0. The number of aryl methyl sites for hydroxylation is 1. The van der Waals surface area contributed by atoms with Gasteiger partial charge in [0, 0.05) is 50.6 Å². The first kappa shape index (κ1) is 16.3. The summed E-state index contributed by atoms with van der Waals surface area (Å²) in [5.74, 6) is 0. The predicted molar refractivity (Wildman–Crippen MR) is 88.1 cm³/mol. The van der Waals surface area contributed by atoms with Crippen molar-refractivity contribution in [3.05, 3.63) is 18.7 Å². The van der Waals surface area contributed by atoms with Crippen molar-refractivity contribution in [1.82, 2.24) is 19.8 Å². The van der Waals surface area contributed by atoms with E-state index in [0.717, 1.165) is 32.5 Å². The molecule has 1 aromatic heterocycles. The van der Waals surface area contributed by atoms with E-state index in [2.05, 4.69) is 10.3 Å². The maximum absolute atomic E-state index is 12.4. The topological polar surface area (TPSA) is 59.4 Å². The number of carbonyl (C=O) groups excluding carboxylic acids is 1. The lowest BCUT2D eigenvalue weighted by Gasteiger charge is -2.61. The van der Waals surface area contributed by atoms with Crippen LogP contribution < -0.4 is 5.32 Å². The van der Waals surface area contributed by atoms with Gasteiger partial charge in [0.05, 0.1) is 12.4 Å². The Balaban J connectivity index is 1.42. The standard InChI is InChI=1S/C17H28N4O2/c1-3-23-15-12-14(17(15)6-4-7-17)19-16(22)20(2)9-5-10-21-11-8-18-13-21/h8,11,13-15H,3-7,9-10,12H2,1-2H3,(H,19,22)/t14-,15-/m0/s1. The van der Waals surface area contributed by atoms with Crippen LogP contribution in [-0.4, -0.2) is 52.8 Å². The molecule has 2 atom stereocenters. The van der Waals surface area contributed by atoms with Crippen LogP contribution in [0.2, 0.25) is 0 Å². The van der Waals surface area contributed by atoms with E-state index in [-0.39, 0.29) is 17.5 Å². The van der Waals surface area contributed by atoms with E-state index in [0.29, 0.717) is 6.10 Å². The molecule has 1 heterocycles. The maximum atomic E-state index is 12.4.